The van der Waals surface area contributed by atoms with Gasteiger partial charge in [0, 0.05) is 12.2 Å². The number of hydrogen-bond acceptors (Lipinski definition) is 5. The number of unbranched alkanes of at least 4 members (excludes halogenated alkanes) is 2. The van der Waals surface area contributed by atoms with E-state index in [0.29, 0.717) is 18.3 Å². The molecule has 0 radical (unpaired) electrons. The van der Waals surface area contributed by atoms with E-state index in [4.69, 9.17) is 9.47 Å². The zero-order chi connectivity index (χ0) is 26.4. The SMILES string of the molecule is CCCCCC(C)C(C)c1cc(OC(=O)CCCN2CCCCC2)c2c(c1)OC(C)(C)C1=C2CCSC1.Cl. The number of halogens is 1. The van der Waals surface area contributed by atoms with E-state index in [1.807, 2.05) is 11.8 Å². The van der Waals surface area contributed by atoms with Gasteiger partial charge in [0.2, 0.25) is 0 Å². The summed E-state index contributed by atoms with van der Waals surface area (Å²) in [5.41, 5.74) is 4.63. The third-order valence-electron chi connectivity index (χ3n) is 8.76. The van der Waals surface area contributed by atoms with Gasteiger partial charge in [-0.1, -0.05) is 52.9 Å². The second kappa shape index (κ2) is 14.5. The molecular formula is C32H50ClNO3S. The fourth-order valence-electron chi connectivity index (χ4n) is 6.17. The maximum absolute atomic E-state index is 13.1. The Morgan fingerprint density at radius 3 is 2.63 bits per heavy atom. The predicted molar refractivity (Wildman–Crippen MR) is 164 cm³/mol. The normalized spacial score (nSPS) is 20.4. The maximum Gasteiger partial charge on any atom is 0.311 e. The lowest BCUT2D eigenvalue weighted by Gasteiger charge is -2.40. The fraction of sp³-hybridized carbons (Fsp3) is 0.719. The van der Waals surface area contributed by atoms with Crippen molar-refractivity contribution in [2.45, 2.75) is 110 Å². The number of carbonyl (C=O) groups is 1. The molecule has 38 heavy (non-hydrogen) atoms. The van der Waals surface area contributed by atoms with Crippen molar-refractivity contribution < 1.29 is 14.3 Å². The van der Waals surface area contributed by atoms with Gasteiger partial charge in [-0.05, 0) is 106 Å². The van der Waals surface area contributed by atoms with Crippen molar-refractivity contribution in [3.63, 3.8) is 0 Å². The molecule has 4 rings (SSSR count). The fourth-order valence-corrected chi connectivity index (χ4v) is 7.38. The highest BCUT2D eigenvalue weighted by molar-refractivity contribution is 7.99. The van der Waals surface area contributed by atoms with Crippen LogP contribution in [0.1, 0.15) is 116 Å². The van der Waals surface area contributed by atoms with Crippen molar-refractivity contribution in [2.24, 2.45) is 5.92 Å². The average Bonchev–Trinajstić information content (AvgIpc) is 2.88. The molecule has 2 atom stereocenters. The summed E-state index contributed by atoms with van der Waals surface area (Å²) in [5, 5.41) is 0. The van der Waals surface area contributed by atoms with Gasteiger partial charge in [0.25, 0.3) is 0 Å². The molecule has 0 spiro atoms. The minimum absolute atomic E-state index is 0. The molecule has 3 aliphatic heterocycles. The first-order valence-electron chi connectivity index (χ1n) is 14.9. The van der Waals surface area contributed by atoms with Crippen LogP contribution in [0.4, 0.5) is 0 Å². The van der Waals surface area contributed by atoms with Crippen molar-refractivity contribution in [1.29, 1.82) is 0 Å². The second-order valence-electron chi connectivity index (χ2n) is 12.0. The molecule has 4 nitrogen and oxygen atoms in total. The lowest BCUT2D eigenvalue weighted by atomic mass is 9.81. The molecule has 1 aromatic carbocycles. The van der Waals surface area contributed by atoms with Crippen LogP contribution in [0.3, 0.4) is 0 Å². The number of rotatable bonds is 11. The highest BCUT2D eigenvalue weighted by atomic mass is 35.5. The zero-order valence-electron chi connectivity index (χ0n) is 24.4. The molecule has 3 heterocycles. The first-order valence-corrected chi connectivity index (χ1v) is 16.1. The van der Waals surface area contributed by atoms with Crippen LogP contribution in [0.15, 0.2) is 17.7 Å². The van der Waals surface area contributed by atoms with E-state index in [-0.39, 0.29) is 24.0 Å². The number of esters is 1. The molecule has 1 saturated heterocycles. The van der Waals surface area contributed by atoms with Gasteiger partial charge in [0.1, 0.15) is 17.1 Å². The van der Waals surface area contributed by atoms with Crippen LogP contribution in [0.5, 0.6) is 11.5 Å². The smallest absolute Gasteiger partial charge is 0.311 e. The molecule has 214 valence electrons. The number of allylic oxidation sites excluding steroid dienone is 1. The van der Waals surface area contributed by atoms with Crippen LogP contribution in [-0.4, -0.2) is 47.6 Å². The topological polar surface area (TPSA) is 38.8 Å². The van der Waals surface area contributed by atoms with Gasteiger partial charge in [0.15, 0.2) is 0 Å². The van der Waals surface area contributed by atoms with Crippen LogP contribution in [0, 0.1) is 5.92 Å². The zero-order valence-corrected chi connectivity index (χ0v) is 26.0. The second-order valence-corrected chi connectivity index (χ2v) is 13.1. The predicted octanol–water partition coefficient (Wildman–Crippen LogP) is 8.66. The Labute approximate surface area is 242 Å². The standard InChI is InChI=1S/C32H49NO3S.ClH/c1-6-7-9-13-23(2)24(3)25-20-28(35-30(34)14-12-18-33-16-10-8-11-17-33)31-26-15-19-37-22-27(26)32(4,5)36-29(31)21-25;/h20-21,23-24H,6-19,22H2,1-5H3;1H. The molecule has 2 unspecified atom stereocenters. The Balaban J connectivity index is 0.00000400. The van der Waals surface area contributed by atoms with Crippen LogP contribution < -0.4 is 9.47 Å². The van der Waals surface area contributed by atoms with Crippen LogP contribution in [0.25, 0.3) is 5.57 Å². The molecular weight excluding hydrogens is 514 g/mol. The van der Waals surface area contributed by atoms with E-state index in [9.17, 15) is 4.79 Å². The maximum atomic E-state index is 13.1. The van der Waals surface area contributed by atoms with Crippen molar-refractivity contribution in [2.75, 3.05) is 31.1 Å². The molecule has 3 aliphatic rings. The molecule has 0 saturated carbocycles. The van der Waals surface area contributed by atoms with E-state index in [1.54, 1.807) is 0 Å². The Morgan fingerprint density at radius 2 is 1.89 bits per heavy atom. The van der Waals surface area contributed by atoms with Gasteiger partial charge in [-0.3, -0.25) is 4.79 Å². The summed E-state index contributed by atoms with van der Waals surface area (Å²) in [4.78, 5) is 15.6. The van der Waals surface area contributed by atoms with E-state index in [0.717, 1.165) is 48.0 Å². The van der Waals surface area contributed by atoms with Gasteiger partial charge in [0.05, 0.1) is 5.56 Å². The third kappa shape index (κ3) is 7.73. The molecule has 0 aliphatic carbocycles. The minimum Gasteiger partial charge on any atom is -0.483 e. The van der Waals surface area contributed by atoms with E-state index < -0.39 is 0 Å². The molecule has 0 N–H and O–H groups in total. The van der Waals surface area contributed by atoms with Crippen molar-refractivity contribution >= 4 is 35.7 Å². The summed E-state index contributed by atoms with van der Waals surface area (Å²) in [6, 6.07) is 4.41. The van der Waals surface area contributed by atoms with Crippen molar-refractivity contribution in [3.8, 4) is 11.5 Å². The summed E-state index contributed by atoms with van der Waals surface area (Å²) >= 11 is 1.97. The Bertz CT molecular complexity index is 970. The van der Waals surface area contributed by atoms with E-state index in [2.05, 4.69) is 51.7 Å². The number of ether oxygens (including phenoxy) is 2. The number of likely N-dealkylation sites (tertiary alicyclic amines) is 1. The first-order chi connectivity index (χ1) is 17.8. The molecule has 6 heteroatoms. The van der Waals surface area contributed by atoms with Gasteiger partial charge < -0.3 is 14.4 Å². The number of hydrogen-bond donors (Lipinski definition) is 0. The molecule has 1 fully saturated rings. The highest BCUT2D eigenvalue weighted by Crippen LogP contribution is 2.51. The number of carbonyl (C=O) groups excluding carboxylic acids is 1. The largest absolute Gasteiger partial charge is 0.483 e. The summed E-state index contributed by atoms with van der Waals surface area (Å²) in [6.07, 6.45) is 11.2. The summed E-state index contributed by atoms with van der Waals surface area (Å²) in [5.74, 6) is 4.53. The van der Waals surface area contributed by atoms with Crippen LogP contribution >= 0.6 is 24.2 Å². The number of fused-ring (bicyclic) bond motifs is 2. The van der Waals surface area contributed by atoms with Crippen LogP contribution in [-0.2, 0) is 4.79 Å². The number of nitrogens with zero attached hydrogens (tertiary/aromatic N) is 1. The van der Waals surface area contributed by atoms with Crippen molar-refractivity contribution in [1.82, 2.24) is 4.90 Å². The molecule has 0 aromatic heterocycles. The summed E-state index contributed by atoms with van der Waals surface area (Å²) < 4.78 is 12.9. The van der Waals surface area contributed by atoms with Crippen molar-refractivity contribution in [3.05, 3.63) is 28.8 Å². The number of benzene rings is 1. The van der Waals surface area contributed by atoms with Gasteiger partial charge >= 0.3 is 5.97 Å². The lowest BCUT2D eigenvalue weighted by molar-refractivity contribution is -0.134. The van der Waals surface area contributed by atoms with E-state index >= 15 is 0 Å². The third-order valence-corrected chi connectivity index (χ3v) is 9.74. The molecule has 0 bridgehead atoms. The lowest BCUT2D eigenvalue weighted by Crippen LogP contribution is -2.37. The molecule has 0 amide bonds. The average molecular weight is 564 g/mol. The van der Waals surface area contributed by atoms with Crippen LogP contribution in [0.2, 0.25) is 0 Å². The van der Waals surface area contributed by atoms with Gasteiger partial charge in [-0.25, -0.2) is 0 Å². The Morgan fingerprint density at radius 1 is 1.13 bits per heavy atom. The van der Waals surface area contributed by atoms with Gasteiger partial charge in [-0.2, -0.15) is 11.8 Å². The summed E-state index contributed by atoms with van der Waals surface area (Å²) in [6.45, 7) is 14.6. The van der Waals surface area contributed by atoms with E-state index in [1.165, 1.54) is 74.7 Å². The minimum atomic E-state index is -0.333. The monoisotopic (exact) mass is 563 g/mol. The Hall–Kier alpha value is -1.17. The Kier molecular flexibility index (Phi) is 11.9. The summed E-state index contributed by atoms with van der Waals surface area (Å²) in [7, 11) is 0. The molecule has 1 aromatic rings. The van der Waals surface area contributed by atoms with Gasteiger partial charge in [-0.15, -0.1) is 12.4 Å². The number of piperidine rings is 1. The number of thioether (sulfide) groups is 1. The quantitative estimate of drug-likeness (QED) is 0.153. The first kappa shape index (κ1) is 31.4. The highest BCUT2D eigenvalue weighted by Gasteiger charge is 2.38.